The van der Waals surface area contributed by atoms with E-state index in [0.717, 1.165) is 22.0 Å². The van der Waals surface area contributed by atoms with Gasteiger partial charge in [-0.1, -0.05) is 17.7 Å². The molecule has 6 nitrogen and oxygen atoms in total. The third kappa shape index (κ3) is 5.88. The molecule has 0 bridgehead atoms. The van der Waals surface area contributed by atoms with Gasteiger partial charge in [-0.3, -0.25) is 4.98 Å². The van der Waals surface area contributed by atoms with Crippen LogP contribution >= 0.6 is 36.4 Å². The van der Waals surface area contributed by atoms with Crippen molar-refractivity contribution in [1.82, 2.24) is 10.3 Å². The monoisotopic (exact) mass is 501 g/mol. The minimum absolute atomic E-state index is 0. The van der Waals surface area contributed by atoms with Crippen molar-refractivity contribution in [2.75, 3.05) is 21.3 Å². The maximum absolute atomic E-state index is 6.71. The highest BCUT2D eigenvalue weighted by atomic mass is 35.5. The molecule has 0 saturated heterocycles. The summed E-state index contributed by atoms with van der Waals surface area (Å²) in [6.07, 6.45) is 1.77. The van der Waals surface area contributed by atoms with Gasteiger partial charge < -0.3 is 25.3 Å². The zero-order chi connectivity index (χ0) is 21.9. The average molecular weight is 503 g/mol. The lowest BCUT2D eigenvalue weighted by molar-refractivity contribution is 0.315. The number of nitrogens with two attached hydrogens (primary N) is 1. The standard InChI is InChI=1S/C23H28ClN3O3.2ClH/c1-23(2,22(25)17-8-9-26-18-12-15(24)6-7-16(17)18)27-13-14-10-19(28-3)21(30-5)20(11-14)29-4;;/h6-12,22,27H,13,25H2,1-5H3;2*1H. The van der Waals surface area contributed by atoms with E-state index in [9.17, 15) is 0 Å². The second-order valence-corrected chi connectivity index (χ2v) is 8.08. The van der Waals surface area contributed by atoms with Crippen molar-refractivity contribution < 1.29 is 14.2 Å². The van der Waals surface area contributed by atoms with E-state index in [4.69, 9.17) is 31.5 Å². The van der Waals surface area contributed by atoms with E-state index in [1.165, 1.54) is 0 Å². The molecule has 176 valence electrons. The highest BCUT2D eigenvalue weighted by molar-refractivity contribution is 6.31. The highest BCUT2D eigenvalue weighted by Crippen LogP contribution is 2.38. The number of fused-ring (bicyclic) bond motifs is 1. The molecule has 0 amide bonds. The summed E-state index contributed by atoms with van der Waals surface area (Å²) in [6, 6.07) is 11.2. The first-order chi connectivity index (χ1) is 14.3. The van der Waals surface area contributed by atoms with Gasteiger partial charge >= 0.3 is 0 Å². The van der Waals surface area contributed by atoms with Crippen LogP contribution in [0.5, 0.6) is 17.2 Å². The maximum atomic E-state index is 6.71. The smallest absolute Gasteiger partial charge is 0.203 e. The minimum atomic E-state index is -0.408. The summed E-state index contributed by atoms with van der Waals surface area (Å²) in [6.45, 7) is 4.74. The van der Waals surface area contributed by atoms with E-state index in [-0.39, 0.29) is 30.9 Å². The topological polar surface area (TPSA) is 78.6 Å². The zero-order valence-corrected chi connectivity index (χ0v) is 21.2. The van der Waals surface area contributed by atoms with Crippen LogP contribution in [-0.4, -0.2) is 31.9 Å². The number of nitrogens with zero attached hydrogens (tertiary/aromatic N) is 1. The Bertz CT molecular complexity index is 1020. The van der Waals surface area contributed by atoms with Gasteiger partial charge in [0.1, 0.15) is 0 Å². The molecular formula is C23H30Cl3N3O3. The Labute approximate surface area is 206 Å². The molecule has 3 N–H and O–H groups in total. The molecule has 32 heavy (non-hydrogen) atoms. The normalized spacial score (nSPS) is 11.8. The van der Waals surface area contributed by atoms with Crippen molar-refractivity contribution in [2.45, 2.75) is 32.0 Å². The van der Waals surface area contributed by atoms with Crippen molar-refractivity contribution in [3.8, 4) is 17.2 Å². The van der Waals surface area contributed by atoms with Gasteiger partial charge in [-0.25, -0.2) is 0 Å². The molecule has 9 heteroatoms. The Morgan fingerprint density at radius 1 is 1.00 bits per heavy atom. The number of hydrogen-bond acceptors (Lipinski definition) is 6. The molecular weight excluding hydrogens is 473 g/mol. The summed E-state index contributed by atoms with van der Waals surface area (Å²) >= 11 is 6.12. The molecule has 2 aromatic carbocycles. The molecule has 0 fully saturated rings. The SMILES string of the molecule is COc1cc(CNC(C)(C)C(N)c2ccnc3cc(Cl)ccc23)cc(OC)c1OC.Cl.Cl. The van der Waals surface area contributed by atoms with Crippen LogP contribution in [0.3, 0.4) is 0 Å². The van der Waals surface area contributed by atoms with Gasteiger partial charge in [0, 0.05) is 34.7 Å². The Hall–Kier alpha value is -1.96. The fourth-order valence-electron chi connectivity index (χ4n) is 3.48. The Morgan fingerprint density at radius 2 is 1.62 bits per heavy atom. The number of nitrogens with one attached hydrogen (secondary N) is 1. The number of methoxy groups -OCH3 is 3. The van der Waals surface area contributed by atoms with Crippen molar-refractivity contribution in [3.05, 3.63) is 58.7 Å². The van der Waals surface area contributed by atoms with Gasteiger partial charge in [0.15, 0.2) is 11.5 Å². The molecule has 0 radical (unpaired) electrons. The molecule has 0 aliphatic rings. The first-order valence-electron chi connectivity index (χ1n) is 9.64. The van der Waals surface area contributed by atoms with Crippen molar-refractivity contribution >= 4 is 47.3 Å². The number of rotatable bonds is 8. The zero-order valence-electron chi connectivity index (χ0n) is 18.8. The van der Waals surface area contributed by atoms with Crippen LogP contribution < -0.4 is 25.3 Å². The molecule has 3 aromatic rings. The van der Waals surface area contributed by atoms with E-state index in [1.54, 1.807) is 27.5 Å². The van der Waals surface area contributed by atoms with Crippen molar-refractivity contribution in [3.63, 3.8) is 0 Å². The van der Waals surface area contributed by atoms with E-state index >= 15 is 0 Å². The van der Waals surface area contributed by atoms with E-state index < -0.39 is 5.54 Å². The minimum Gasteiger partial charge on any atom is -0.493 e. The first kappa shape index (κ1) is 28.1. The van der Waals surface area contributed by atoms with Crippen molar-refractivity contribution in [2.24, 2.45) is 5.73 Å². The number of hydrogen-bond donors (Lipinski definition) is 2. The van der Waals surface area contributed by atoms with Crippen LogP contribution in [0.25, 0.3) is 10.9 Å². The number of halogens is 3. The largest absolute Gasteiger partial charge is 0.493 e. The molecule has 1 aromatic heterocycles. The Morgan fingerprint density at radius 3 is 2.19 bits per heavy atom. The van der Waals surface area contributed by atoms with Crippen LogP contribution in [0.2, 0.25) is 5.02 Å². The van der Waals surface area contributed by atoms with Crippen LogP contribution in [0, 0.1) is 0 Å². The lowest BCUT2D eigenvalue weighted by atomic mass is 9.87. The summed E-state index contributed by atoms with van der Waals surface area (Å²) in [4.78, 5) is 4.42. The van der Waals surface area contributed by atoms with Gasteiger partial charge in [0.2, 0.25) is 5.75 Å². The predicted octanol–water partition coefficient (Wildman–Crippen LogP) is 5.33. The van der Waals surface area contributed by atoms with Gasteiger partial charge in [0.05, 0.1) is 26.8 Å². The molecule has 0 aliphatic heterocycles. The maximum Gasteiger partial charge on any atom is 0.203 e. The fourth-order valence-corrected chi connectivity index (χ4v) is 3.65. The summed E-state index contributed by atoms with van der Waals surface area (Å²) < 4.78 is 16.3. The molecule has 1 atom stereocenters. The third-order valence-corrected chi connectivity index (χ3v) is 5.56. The molecule has 0 saturated carbocycles. The van der Waals surface area contributed by atoms with Gasteiger partial charge in [0.25, 0.3) is 0 Å². The van der Waals surface area contributed by atoms with E-state index in [0.29, 0.717) is 28.8 Å². The fraction of sp³-hybridized carbons (Fsp3) is 0.348. The number of benzene rings is 2. The lowest BCUT2D eigenvalue weighted by Gasteiger charge is -2.34. The second kappa shape index (κ2) is 11.8. The van der Waals surface area contributed by atoms with E-state index in [2.05, 4.69) is 24.1 Å². The summed E-state index contributed by atoms with van der Waals surface area (Å²) in [5, 5.41) is 5.22. The summed E-state index contributed by atoms with van der Waals surface area (Å²) in [5.74, 6) is 1.81. The predicted molar refractivity (Wildman–Crippen MR) is 135 cm³/mol. The molecule has 1 heterocycles. The van der Waals surface area contributed by atoms with Gasteiger partial charge in [-0.2, -0.15) is 0 Å². The van der Waals surface area contributed by atoms with Gasteiger partial charge in [-0.05, 0) is 55.3 Å². The van der Waals surface area contributed by atoms with Crippen LogP contribution in [-0.2, 0) is 6.54 Å². The van der Waals surface area contributed by atoms with E-state index in [1.807, 2.05) is 36.4 Å². The first-order valence-corrected chi connectivity index (χ1v) is 10.0. The quantitative estimate of drug-likeness (QED) is 0.434. The molecule has 1 unspecified atom stereocenters. The van der Waals surface area contributed by atoms with Crippen LogP contribution in [0.1, 0.15) is 31.0 Å². The average Bonchev–Trinajstić information content (AvgIpc) is 2.75. The molecule has 3 rings (SSSR count). The third-order valence-electron chi connectivity index (χ3n) is 5.32. The Balaban J connectivity index is 0.00000256. The second-order valence-electron chi connectivity index (χ2n) is 7.65. The highest BCUT2D eigenvalue weighted by Gasteiger charge is 2.29. The number of ether oxygens (including phenoxy) is 3. The van der Waals surface area contributed by atoms with Crippen LogP contribution in [0.4, 0.5) is 0 Å². The molecule has 0 aliphatic carbocycles. The van der Waals surface area contributed by atoms with Gasteiger partial charge in [-0.15, -0.1) is 24.8 Å². The van der Waals surface area contributed by atoms with Crippen molar-refractivity contribution in [1.29, 1.82) is 0 Å². The lowest BCUT2D eigenvalue weighted by Crippen LogP contribution is -2.48. The number of pyridine rings is 1. The Kier molecular flexibility index (Phi) is 10.3. The summed E-state index contributed by atoms with van der Waals surface area (Å²) in [5.41, 5.74) is 9.14. The molecule has 0 spiro atoms. The summed E-state index contributed by atoms with van der Waals surface area (Å²) in [7, 11) is 4.80. The van der Waals surface area contributed by atoms with Crippen LogP contribution in [0.15, 0.2) is 42.6 Å². The number of aromatic nitrogens is 1.